The Hall–Kier alpha value is -1.19. The number of methoxy groups -OCH3 is 1. The second-order valence-electron chi connectivity index (χ2n) is 3.08. The van der Waals surface area contributed by atoms with Gasteiger partial charge in [-0.15, -0.1) is 0 Å². The monoisotopic (exact) mass is 259 g/mol. The highest BCUT2D eigenvalue weighted by Crippen LogP contribution is 2.29. The molecule has 0 radical (unpaired) electrons. The van der Waals surface area contributed by atoms with Crippen LogP contribution in [-0.4, -0.2) is 13.1 Å². The van der Waals surface area contributed by atoms with Crippen molar-refractivity contribution in [2.45, 2.75) is 6.42 Å². The summed E-state index contributed by atoms with van der Waals surface area (Å²) in [6.45, 7) is 0. The predicted molar refractivity (Wildman–Crippen MR) is 66.5 cm³/mol. The van der Waals surface area contributed by atoms with Gasteiger partial charge < -0.3 is 10.5 Å². The SMILES string of the molecule is COC(=O)CC=Cc1cc(Cl)c(N)c(Cl)c1. The van der Waals surface area contributed by atoms with E-state index in [0.29, 0.717) is 15.7 Å². The molecule has 0 amide bonds. The molecule has 5 heteroatoms. The lowest BCUT2D eigenvalue weighted by Crippen LogP contribution is -1.96. The zero-order valence-electron chi connectivity index (χ0n) is 8.67. The lowest BCUT2D eigenvalue weighted by molar-refractivity contribution is -0.139. The van der Waals surface area contributed by atoms with Gasteiger partial charge in [0.25, 0.3) is 0 Å². The number of anilines is 1. The average Bonchev–Trinajstić information content (AvgIpc) is 2.25. The number of rotatable bonds is 3. The van der Waals surface area contributed by atoms with Crippen LogP contribution in [0.3, 0.4) is 0 Å². The average molecular weight is 260 g/mol. The van der Waals surface area contributed by atoms with Crippen LogP contribution >= 0.6 is 23.2 Å². The fourth-order valence-corrected chi connectivity index (χ4v) is 1.58. The van der Waals surface area contributed by atoms with E-state index in [1.54, 1.807) is 24.3 Å². The molecule has 0 aliphatic heterocycles. The highest BCUT2D eigenvalue weighted by atomic mass is 35.5. The Morgan fingerprint density at radius 2 is 2.00 bits per heavy atom. The molecule has 16 heavy (non-hydrogen) atoms. The number of carbonyl (C=O) groups is 1. The third-order valence-electron chi connectivity index (χ3n) is 1.92. The van der Waals surface area contributed by atoms with Gasteiger partial charge >= 0.3 is 5.97 Å². The first-order valence-corrected chi connectivity index (χ1v) is 5.28. The number of nitrogen functional groups attached to an aromatic ring is 1. The third kappa shape index (κ3) is 3.43. The highest BCUT2D eigenvalue weighted by Gasteiger charge is 2.03. The van der Waals surface area contributed by atoms with E-state index in [0.717, 1.165) is 5.56 Å². The number of ether oxygens (including phenoxy) is 1. The molecule has 0 fully saturated rings. The molecule has 0 bridgehead atoms. The topological polar surface area (TPSA) is 52.3 Å². The molecule has 1 aromatic carbocycles. The molecule has 3 nitrogen and oxygen atoms in total. The molecular formula is C11H11Cl2NO2. The van der Waals surface area contributed by atoms with Gasteiger partial charge in [0.2, 0.25) is 0 Å². The van der Waals surface area contributed by atoms with E-state index in [1.165, 1.54) is 7.11 Å². The van der Waals surface area contributed by atoms with E-state index in [9.17, 15) is 4.79 Å². The Kier molecular flexibility index (Phi) is 4.65. The summed E-state index contributed by atoms with van der Waals surface area (Å²) in [5.74, 6) is -0.302. The predicted octanol–water partition coefficient (Wildman–Crippen LogP) is 3.15. The number of carbonyl (C=O) groups excluding carboxylic acids is 1. The van der Waals surface area contributed by atoms with Crippen LogP contribution in [0.25, 0.3) is 6.08 Å². The summed E-state index contributed by atoms with van der Waals surface area (Å²) < 4.78 is 4.49. The molecule has 0 spiro atoms. The van der Waals surface area contributed by atoms with Crippen LogP contribution in [-0.2, 0) is 9.53 Å². The van der Waals surface area contributed by atoms with Crippen molar-refractivity contribution in [2.24, 2.45) is 0 Å². The zero-order chi connectivity index (χ0) is 12.1. The molecule has 0 aliphatic rings. The first-order valence-electron chi connectivity index (χ1n) is 4.52. The van der Waals surface area contributed by atoms with Gasteiger partial charge in [-0.3, -0.25) is 4.79 Å². The molecule has 1 rings (SSSR count). The minimum Gasteiger partial charge on any atom is -0.469 e. The third-order valence-corrected chi connectivity index (χ3v) is 2.55. The Morgan fingerprint density at radius 3 is 2.50 bits per heavy atom. The van der Waals surface area contributed by atoms with Gasteiger partial charge in [-0.25, -0.2) is 0 Å². The van der Waals surface area contributed by atoms with Crippen molar-refractivity contribution in [3.05, 3.63) is 33.8 Å². The van der Waals surface area contributed by atoms with Crippen molar-refractivity contribution in [1.82, 2.24) is 0 Å². The van der Waals surface area contributed by atoms with Crippen LogP contribution in [0.15, 0.2) is 18.2 Å². The lowest BCUT2D eigenvalue weighted by Gasteiger charge is -2.02. The maximum atomic E-state index is 10.8. The Labute approximate surface area is 104 Å². The first kappa shape index (κ1) is 12.9. The van der Waals surface area contributed by atoms with E-state index < -0.39 is 0 Å². The smallest absolute Gasteiger partial charge is 0.309 e. The maximum Gasteiger partial charge on any atom is 0.309 e. The highest BCUT2D eigenvalue weighted by molar-refractivity contribution is 6.39. The molecule has 0 saturated heterocycles. The fraction of sp³-hybridized carbons (Fsp3) is 0.182. The van der Waals surface area contributed by atoms with Crippen LogP contribution in [0, 0.1) is 0 Å². The summed E-state index contributed by atoms with van der Waals surface area (Å²) in [6.07, 6.45) is 3.61. The Bertz CT molecular complexity index is 407. The van der Waals surface area contributed by atoms with Gasteiger partial charge in [-0.2, -0.15) is 0 Å². The van der Waals surface area contributed by atoms with Crippen molar-refractivity contribution < 1.29 is 9.53 Å². The van der Waals surface area contributed by atoms with E-state index in [2.05, 4.69) is 4.74 Å². The van der Waals surface area contributed by atoms with E-state index in [1.807, 2.05) is 0 Å². The molecule has 0 atom stereocenters. The molecule has 86 valence electrons. The number of benzene rings is 1. The van der Waals surface area contributed by atoms with Crippen molar-refractivity contribution in [3.63, 3.8) is 0 Å². The molecule has 2 N–H and O–H groups in total. The van der Waals surface area contributed by atoms with Gasteiger partial charge in [0.1, 0.15) is 0 Å². The van der Waals surface area contributed by atoms with Gasteiger partial charge in [0.15, 0.2) is 0 Å². The number of esters is 1. The van der Waals surface area contributed by atoms with Gasteiger partial charge in [0.05, 0.1) is 29.3 Å². The molecule has 0 aliphatic carbocycles. The quantitative estimate of drug-likeness (QED) is 0.670. The summed E-state index contributed by atoms with van der Waals surface area (Å²) in [7, 11) is 1.34. The zero-order valence-corrected chi connectivity index (χ0v) is 10.2. The van der Waals surface area contributed by atoms with Crippen LogP contribution in [0.2, 0.25) is 10.0 Å². The second-order valence-corrected chi connectivity index (χ2v) is 3.90. The van der Waals surface area contributed by atoms with E-state index in [-0.39, 0.29) is 12.4 Å². The van der Waals surface area contributed by atoms with Gasteiger partial charge in [-0.05, 0) is 17.7 Å². The van der Waals surface area contributed by atoms with Crippen LogP contribution in [0.1, 0.15) is 12.0 Å². The normalized spacial score (nSPS) is 10.7. The summed E-state index contributed by atoms with van der Waals surface area (Å²) in [5, 5.41) is 0.787. The number of halogens is 2. The number of hydrogen-bond acceptors (Lipinski definition) is 3. The summed E-state index contributed by atoms with van der Waals surface area (Å²) in [6, 6.07) is 3.35. The first-order chi connectivity index (χ1) is 7.54. The number of hydrogen-bond donors (Lipinski definition) is 1. The molecular weight excluding hydrogens is 249 g/mol. The molecule has 1 aromatic rings. The molecule has 0 heterocycles. The second kappa shape index (κ2) is 5.77. The molecule has 0 unspecified atom stereocenters. The number of nitrogens with two attached hydrogens (primary N) is 1. The van der Waals surface area contributed by atoms with Crippen LogP contribution in [0.5, 0.6) is 0 Å². The largest absolute Gasteiger partial charge is 0.469 e. The molecule has 0 saturated carbocycles. The summed E-state index contributed by atoms with van der Waals surface area (Å²) in [5.41, 5.74) is 6.73. The molecule has 0 aromatic heterocycles. The summed E-state index contributed by atoms with van der Waals surface area (Å²) >= 11 is 11.7. The fourth-order valence-electron chi connectivity index (χ4n) is 1.07. The Balaban J connectivity index is 2.78. The lowest BCUT2D eigenvalue weighted by atomic mass is 10.2. The van der Waals surface area contributed by atoms with Crippen LogP contribution in [0.4, 0.5) is 5.69 Å². The minimum absolute atomic E-state index is 0.204. The van der Waals surface area contributed by atoms with Gasteiger partial charge in [-0.1, -0.05) is 35.4 Å². The Morgan fingerprint density at radius 1 is 1.44 bits per heavy atom. The van der Waals surface area contributed by atoms with Gasteiger partial charge in [0, 0.05) is 0 Å². The minimum atomic E-state index is -0.302. The standard InChI is InChI=1S/C11H11Cl2NO2/c1-16-10(15)4-2-3-7-5-8(12)11(14)9(13)6-7/h2-3,5-6H,4,14H2,1H3. The maximum absolute atomic E-state index is 10.8. The van der Waals surface area contributed by atoms with Crippen LogP contribution < -0.4 is 5.73 Å². The van der Waals surface area contributed by atoms with Crippen molar-refractivity contribution in [1.29, 1.82) is 0 Å². The van der Waals surface area contributed by atoms with Crippen molar-refractivity contribution in [3.8, 4) is 0 Å². The summed E-state index contributed by atoms with van der Waals surface area (Å²) in [4.78, 5) is 10.8. The van der Waals surface area contributed by atoms with Crippen molar-refractivity contribution >= 4 is 40.9 Å². The van der Waals surface area contributed by atoms with E-state index >= 15 is 0 Å². The van der Waals surface area contributed by atoms with Crippen molar-refractivity contribution in [2.75, 3.05) is 12.8 Å². The van der Waals surface area contributed by atoms with E-state index in [4.69, 9.17) is 28.9 Å².